The maximum Gasteiger partial charge on any atom is 0.340 e. The molecular formula is C13H15N3O2. The van der Waals surface area contributed by atoms with Crippen LogP contribution in [0.4, 0.5) is 11.5 Å². The normalized spacial score (nSPS) is 13.5. The van der Waals surface area contributed by atoms with E-state index >= 15 is 0 Å². The molecule has 18 heavy (non-hydrogen) atoms. The van der Waals surface area contributed by atoms with E-state index in [1.807, 2.05) is 20.8 Å². The lowest BCUT2D eigenvalue weighted by Gasteiger charge is -2.20. The molecule has 94 valence electrons. The Kier molecular flexibility index (Phi) is 3.14. The molecule has 0 atom stereocenters. The van der Waals surface area contributed by atoms with E-state index < -0.39 is 5.60 Å². The summed E-state index contributed by atoms with van der Waals surface area (Å²) >= 11 is 0. The van der Waals surface area contributed by atoms with E-state index in [2.05, 4.69) is 15.3 Å². The van der Waals surface area contributed by atoms with Crippen LogP contribution in [0.2, 0.25) is 0 Å². The summed E-state index contributed by atoms with van der Waals surface area (Å²) in [5, 5.41) is 2.99. The molecule has 5 heteroatoms. The molecule has 0 spiro atoms. The topological polar surface area (TPSA) is 63.6 Å². The van der Waals surface area contributed by atoms with Gasteiger partial charge in [-0.1, -0.05) is 0 Å². The molecule has 0 aliphatic carbocycles. The highest BCUT2D eigenvalue weighted by molar-refractivity contribution is 5.99. The van der Waals surface area contributed by atoms with Gasteiger partial charge in [0, 0.05) is 18.6 Å². The molecule has 0 unspecified atom stereocenters. The number of aliphatic imine (C=N–C) groups is 1. The molecule has 5 nitrogen and oxygen atoms in total. The molecule has 2 heterocycles. The number of pyridine rings is 1. The molecule has 1 aliphatic rings. The third-order valence-electron chi connectivity index (χ3n) is 2.16. The number of hydrogen-bond acceptors (Lipinski definition) is 5. The third-order valence-corrected chi connectivity index (χ3v) is 2.16. The van der Waals surface area contributed by atoms with Crippen LogP contribution in [0.5, 0.6) is 0 Å². The maximum absolute atomic E-state index is 12.1. The first-order valence-corrected chi connectivity index (χ1v) is 5.65. The predicted molar refractivity (Wildman–Crippen MR) is 70.3 cm³/mol. The van der Waals surface area contributed by atoms with Gasteiger partial charge in [-0.15, -0.1) is 0 Å². The molecule has 0 aromatic carbocycles. The molecular weight excluding hydrogens is 230 g/mol. The lowest BCUT2D eigenvalue weighted by atomic mass is 10.1. The first kappa shape index (κ1) is 12.3. The van der Waals surface area contributed by atoms with Crippen LogP contribution in [0, 0.1) is 0 Å². The number of carbonyl (C=O) groups excluding carboxylic acids is 1. The van der Waals surface area contributed by atoms with E-state index in [-0.39, 0.29) is 5.97 Å². The molecule has 0 radical (unpaired) electrons. The van der Waals surface area contributed by atoms with Gasteiger partial charge in [0.2, 0.25) is 0 Å². The van der Waals surface area contributed by atoms with Gasteiger partial charge in [-0.2, -0.15) is 0 Å². The minimum atomic E-state index is -0.531. The monoisotopic (exact) mass is 245 g/mol. The summed E-state index contributed by atoms with van der Waals surface area (Å²) in [5.41, 5.74) is 0.465. The lowest BCUT2D eigenvalue weighted by molar-refractivity contribution is 0.00706. The largest absolute Gasteiger partial charge is 0.456 e. The smallest absolute Gasteiger partial charge is 0.340 e. The first-order chi connectivity index (χ1) is 8.47. The number of fused-ring (bicyclic) bond motifs is 1. The van der Waals surface area contributed by atoms with Crippen LogP contribution in [0.3, 0.4) is 0 Å². The molecule has 0 amide bonds. The number of rotatable bonds is 1. The van der Waals surface area contributed by atoms with Gasteiger partial charge in [0.15, 0.2) is 5.82 Å². The van der Waals surface area contributed by atoms with Crippen molar-refractivity contribution >= 4 is 23.7 Å². The van der Waals surface area contributed by atoms with Gasteiger partial charge in [0.1, 0.15) is 5.60 Å². The van der Waals surface area contributed by atoms with Crippen molar-refractivity contribution in [2.75, 3.05) is 5.32 Å². The first-order valence-electron chi connectivity index (χ1n) is 5.65. The number of nitrogens with zero attached hydrogens (tertiary/aromatic N) is 2. The van der Waals surface area contributed by atoms with E-state index in [4.69, 9.17) is 4.74 Å². The second-order valence-corrected chi connectivity index (χ2v) is 4.84. The average molecular weight is 245 g/mol. The van der Waals surface area contributed by atoms with Crippen molar-refractivity contribution in [2.24, 2.45) is 4.99 Å². The van der Waals surface area contributed by atoms with Gasteiger partial charge >= 0.3 is 5.97 Å². The Morgan fingerprint density at radius 3 is 2.89 bits per heavy atom. The number of anilines is 1. The Balaban J connectivity index is 2.38. The number of nitrogens with one attached hydrogen (secondary N) is 1. The Labute approximate surface area is 106 Å². The van der Waals surface area contributed by atoms with Crippen molar-refractivity contribution in [1.82, 2.24) is 4.98 Å². The fourth-order valence-electron chi connectivity index (χ4n) is 1.48. The fourth-order valence-corrected chi connectivity index (χ4v) is 1.48. The van der Waals surface area contributed by atoms with Crippen LogP contribution in [-0.2, 0) is 4.74 Å². The quantitative estimate of drug-likeness (QED) is 0.772. The summed E-state index contributed by atoms with van der Waals surface area (Å²) in [5.74, 6) is 0.0857. The van der Waals surface area contributed by atoms with Crippen LogP contribution < -0.4 is 5.32 Å². The van der Waals surface area contributed by atoms with Gasteiger partial charge in [0.05, 0.1) is 11.3 Å². The van der Waals surface area contributed by atoms with Crippen molar-refractivity contribution in [2.45, 2.75) is 26.4 Å². The number of ether oxygens (including phenoxy) is 1. The van der Waals surface area contributed by atoms with Crippen molar-refractivity contribution in [3.05, 3.63) is 30.1 Å². The van der Waals surface area contributed by atoms with Crippen LogP contribution in [0.25, 0.3) is 0 Å². The summed E-state index contributed by atoms with van der Waals surface area (Å²) in [4.78, 5) is 20.3. The summed E-state index contributed by atoms with van der Waals surface area (Å²) in [6, 6.07) is 1.62. The standard InChI is InChI=1S/C13H15N3O2/c1-13(2,3)18-12(17)9-5-8-16-11-10(9)14-6-4-7-15-11/h4-8,14H,1-3H3. The number of esters is 1. The maximum atomic E-state index is 12.1. The minimum Gasteiger partial charge on any atom is -0.456 e. The Hall–Kier alpha value is -2.17. The minimum absolute atomic E-state index is 0.390. The number of hydrogen-bond donors (Lipinski definition) is 1. The number of carbonyl (C=O) groups is 1. The SMILES string of the molecule is CC(C)(C)OC(=O)c1ccnc2c1NC=CC=N2. The van der Waals surface area contributed by atoms with Gasteiger partial charge < -0.3 is 10.1 Å². The molecule has 0 saturated heterocycles. The van der Waals surface area contributed by atoms with Crippen LogP contribution in [-0.4, -0.2) is 22.8 Å². The van der Waals surface area contributed by atoms with Crippen LogP contribution >= 0.6 is 0 Å². The van der Waals surface area contributed by atoms with Crippen molar-refractivity contribution in [3.8, 4) is 0 Å². The zero-order chi connectivity index (χ0) is 13.2. The summed E-state index contributed by atoms with van der Waals surface area (Å²) in [6.45, 7) is 5.49. The van der Waals surface area contributed by atoms with E-state index in [0.717, 1.165) is 0 Å². The van der Waals surface area contributed by atoms with E-state index in [1.165, 1.54) is 0 Å². The highest BCUT2D eigenvalue weighted by Crippen LogP contribution is 2.28. The molecule has 0 saturated carbocycles. The second kappa shape index (κ2) is 4.60. The highest BCUT2D eigenvalue weighted by Gasteiger charge is 2.22. The van der Waals surface area contributed by atoms with Crippen molar-refractivity contribution in [3.63, 3.8) is 0 Å². The van der Waals surface area contributed by atoms with Crippen LogP contribution in [0.15, 0.2) is 29.5 Å². The van der Waals surface area contributed by atoms with E-state index in [1.54, 1.807) is 30.8 Å². The Morgan fingerprint density at radius 2 is 2.17 bits per heavy atom. The van der Waals surface area contributed by atoms with E-state index in [9.17, 15) is 4.79 Å². The molecule has 0 bridgehead atoms. The molecule has 0 fully saturated rings. The average Bonchev–Trinajstić information content (AvgIpc) is 2.50. The van der Waals surface area contributed by atoms with Gasteiger partial charge in [-0.05, 0) is 32.9 Å². The number of allylic oxidation sites excluding steroid dienone is 1. The van der Waals surface area contributed by atoms with Gasteiger partial charge in [-0.3, -0.25) is 0 Å². The number of aromatic nitrogens is 1. The molecule has 2 rings (SSSR count). The molecule has 1 aromatic rings. The van der Waals surface area contributed by atoms with Crippen molar-refractivity contribution < 1.29 is 9.53 Å². The third kappa shape index (κ3) is 2.74. The van der Waals surface area contributed by atoms with Gasteiger partial charge in [-0.25, -0.2) is 14.8 Å². The summed E-state index contributed by atoms with van der Waals surface area (Å²) < 4.78 is 5.35. The Bertz CT molecular complexity index is 528. The Morgan fingerprint density at radius 1 is 1.39 bits per heavy atom. The lowest BCUT2D eigenvalue weighted by Crippen LogP contribution is -2.24. The van der Waals surface area contributed by atoms with Crippen LogP contribution in [0.1, 0.15) is 31.1 Å². The van der Waals surface area contributed by atoms with Gasteiger partial charge in [0.25, 0.3) is 0 Å². The van der Waals surface area contributed by atoms with E-state index in [0.29, 0.717) is 17.1 Å². The second-order valence-electron chi connectivity index (χ2n) is 4.84. The zero-order valence-electron chi connectivity index (χ0n) is 10.6. The summed E-state index contributed by atoms with van der Waals surface area (Å²) in [6.07, 6.45) is 6.60. The zero-order valence-corrected chi connectivity index (χ0v) is 10.6. The predicted octanol–water partition coefficient (Wildman–Crippen LogP) is 2.68. The molecule has 1 aliphatic heterocycles. The molecule has 1 N–H and O–H groups in total. The highest BCUT2D eigenvalue weighted by atomic mass is 16.6. The fraction of sp³-hybridized carbons (Fsp3) is 0.308. The molecule has 1 aromatic heterocycles. The summed E-state index contributed by atoms with van der Waals surface area (Å²) in [7, 11) is 0. The van der Waals surface area contributed by atoms with Crippen molar-refractivity contribution in [1.29, 1.82) is 0 Å².